The molecule has 0 aliphatic heterocycles. The summed E-state index contributed by atoms with van der Waals surface area (Å²) in [6, 6.07) is 19.8. The first-order valence-electron chi connectivity index (χ1n) is 7.25. The van der Waals surface area contributed by atoms with Gasteiger partial charge in [0, 0.05) is 5.69 Å². The molecule has 0 saturated heterocycles. The van der Waals surface area contributed by atoms with E-state index >= 15 is 0 Å². The fourth-order valence-electron chi connectivity index (χ4n) is 2.28. The second-order valence-electron chi connectivity index (χ2n) is 4.94. The third-order valence-corrected chi connectivity index (χ3v) is 3.41. The van der Waals surface area contributed by atoms with Crippen molar-refractivity contribution in [2.45, 2.75) is 19.9 Å². The summed E-state index contributed by atoms with van der Waals surface area (Å²) in [6.07, 6.45) is 0. The molecule has 0 unspecified atom stereocenters. The lowest BCUT2D eigenvalue weighted by Crippen LogP contribution is -2.27. The number of hydrogen-bond donors (Lipinski definition) is 1. The van der Waals surface area contributed by atoms with Gasteiger partial charge in [-0.25, -0.2) is 0 Å². The maximum atomic E-state index is 12.1. The number of ether oxygens (including phenoxy) is 1. The smallest absolute Gasteiger partial charge is 0.311 e. The Morgan fingerprint density at radius 3 is 2.19 bits per heavy atom. The SMILES string of the molecule is CCOC(=O)[C@H](C)[C@@H](Nc1ccccc1)c1ccccc1. The largest absolute Gasteiger partial charge is 0.466 e. The van der Waals surface area contributed by atoms with E-state index < -0.39 is 0 Å². The van der Waals surface area contributed by atoms with E-state index in [9.17, 15) is 4.79 Å². The summed E-state index contributed by atoms with van der Waals surface area (Å²) in [6.45, 7) is 4.12. The molecular formula is C18H21NO2. The lowest BCUT2D eigenvalue weighted by atomic mass is 9.94. The lowest BCUT2D eigenvalue weighted by molar-refractivity contribution is -0.147. The zero-order valence-electron chi connectivity index (χ0n) is 12.5. The van der Waals surface area contributed by atoms with Crippen molar-refractivity contribution in [2.75, 3.05) is 11.9 Å². The summed E-state index contributed by atoms with van der Waals surface area (Å²) < 4.78 is 5.16. The van der Waals surface area contributed by atoms with Crippen LogP contribution in [-0.4, -0.2) is 12.6 Å². The topological polar surface area (TPSA) is 38.3 Å². The van der Waals surface area contributed by atoms with Gasteiger partial charge in [0.2, 0.25) is 0 Å². The van der Waals surface area contributed by atoms with Gasteiger partial charge in [0.05, 0.1) is 18.6 Å². The third-order valence-electron chi connectivity index (χ3n) is 3.41. The molecule has 0 saturated carbocycles. The van der Waals surface area contributed by atoms with Gasteiger partial charge in [0.25, 0.3) is 0 Å². The van der Waals surface area contributed by atoms with Crippen molar-refractivity contribution in [1.29, 1.82) is 0 Å². The molecule has 2 aromatic carbocycles. The maximum absolute atomic E-state index is 12.1. The molecule has 3 nitrogen and oxygen atoms in total. The molecule has 1 N–H and O–H groups in total. The Hall–Kier alpha value is -2.29. The van der Waals surface area contributed by atoms with Gasteiger partial charge in [-0.15, -0.1) is 0 Å². The van der Waals surface area contributed by atoms with Crippen molar-refractivity contribution >= 4 is 11.7 Å². The van der Waals surface area contributed by atoms with E-state index in [4.69, 9.17) is 4.74 Å². The molecule has 0 aromatic heterocycles. The van der Waals surface area contributed by atoms with Gasteiger partial charge in [-0.1, -0.05) is 48.5 Å². The van der Waals surface area contributed by atoms with E-state index in [-0.39, 0.29) is 17.9 Å². The van der Waals surface area contributed by atoms with Gasteiger partial charge in [0.1, 0.15) is 0 Å². The number of para-hydroxylation sites is 1. The van der Waals surface area contributed by atoms with Crippen molar-refractivity contribution in [3.05, 3.63) is 66.2 Å². The number of carbonyl (C=O) groups excluding carboxylic acids is 1. The summed E-state index contributed by atoms with van der Waals surface area (Å²) in [5.74, 6) is -0.456. The van der Waals surface area contributed by atoms with E-state index in [2.05, 4.69) is 5.32 Å². The second-order valence-corrected chi connectivity index (χ2v) is 4.94. The summed E-state index contributed by atoms with van der Waals surface area (Å²) in [5, 5.41) is 3.43. The molecule has 110 valence electrons. The molecule has 0 amide bonds. The van der Waals surface area contributed by atoms with E-state index in [0.29, 0.717) is 6.61 Å². The molecular weight excluding hydrogens is 262 g/mol. The van der Waals surface area contributed by atoms with E-state index in [0.717, 1.165) is 11.3 Å². The molecule has 2 aromatic rings. The van der Waals surface area contributed by atoms with E-state index in [1.54, 1.807) is 0 Å². The van der Waals surface area contributed by atoms with Crippen molar-refractivity contribution in [1.82, 2.24) is 0 Å². The fraction of sp³-hybridized carbons (Fsp3) is 0.278. The van der Waals surface area contributed by atoms with Gasteiger partial charge in [-0.2, -0.15) is 0 Å². The number of benzene rings is 2. The summed E-state index contributed by atoms with van der Waals surface area (Å²) >= 11 is 0. The van der Waals surface area contributed by atoms with Gasteiger partial charge in [-0.05, 0) is 31.5 Å². The number of rotatable bonds is 6. The zero-order chi connectivity index (χ0) is 15.1. The van der Waals surface area contributed by atoms with Crippen LogP contribution in [0.3, 0.4) is 0 Å². The van der Waals surface area contributed by atoms with Gasteiger partial charge in [0.15, 0.2) is 0 Å². The van der Waals surface area contributed by atoms with Crippen LogP contribution in [0, 0.1) is 5.92 Å². The molecule has 21 heavy (non-hydrogen) atoms. The van der Waals surface area contributed by atoms with Crippen LogP contribution >= 0.6 is 0 Å². The molecule has 2 atom stereocenters. The molecule has 0 aliphatic rings. The summed E-state index contributed by atoms with van der Waals surface area (Å²) in [5.41, 5.74) is 2.06. The second kappa shape index (κ2) is 7.48. The predicted molar refractivity (Wildman–Crippen MR) is 85.0 cm³/mol. The average molecular weight is 283 g/mol. The molecule has 2 rings (SSSR count). The van der Waals surface area contributed by atoms with Crippen molar-refractivity contribution in [2.24, 2.45) is 5.92 Å². The Bertz CT molecular complexity index is 554. The Labute approximate surface area is 126 Å². The Balaban J connectivity index is 2.24. The normalized spacial score (nSPS) is 13.2. The van der Waals surface area contributed by atoms with Gasteiger partial charge >= 0.3 is 5.97 Å². The highest BCUT2D eigenvalue weighted by Gasteiger charge is 2.26. The summed E-state index contributed by atoms with van der Waals surface area (Å²) in [4.78, 5) is 12.1. The molecule has 0 heterocycles. The number of nitrogens with one attached hydrogen (secondary N) is 1. The predicted octanol–water partition coefficient (Wildman–Crippen LogP) is 4.04. The Morgan fingerprint density at radius 2 is 1.62 bits per heavy atom. The number of carbonyl (C=O) groups is 1. The van der Waals surface area contributed by atoms with E-state index in [1.807, 2.05) is 74.5 Å². The molecule has 0 radical (unpaired) electrons. The van der Waals surface area contributed by atoms with Crippen molar-refractivity contribution < 1.29 is 9.53 Å². The minimum absolute atomic E-state index is 0.118. The highest BCUT2D eigenvalue weighted by atomic mass is 16.5. The van der Waals surface area contributed by atoms with Crippen LogP contribution in [0.15, 0.2) is 60.7 Å². The molecule has 0 bridgehead atoms. The lowest BCUT2D eigenvalue weighted by Gasteiger charge is -2.25. The number of anilines is 1. The molecule has 0 spiro atoms. The monoisotopic (exact) mass is 283 g/mol. The summed E-state index contributed by atoms with van der Waals surface area (Å²) in [7, 11) is 0. The maximum Gasteiger partial charge on any atom is 0.311 e. The highest BCUT2D eigenvalue weighted by molar-refractivity contribution is 5.74. The number of hydrogen-bond acceptors (Lipinski definition) is 3. The van der Waals surface area contributed by atoms with Crippen LogP contribution in [-0.2, 0) is 9.53 Å². The minimum Gasteiger partial charge on any atom is -0.466 e. The van der Waals surface area contributed by atoms with Gasteiger partial charge < -0.3 is 10.1 Å². The fourth-order valence-corrected chi connectivity index (χ4v) is 2.28. The van der Waals surface area contributed by atoms with Crippen LogP contribution in [0.4, 0.5) is 5.69 Å². The molecule has 0 aliphatic carbocycles. The first-order chi connectivity index (χ1) is 10.2. The van der Waals surface area contributed by atoms with Crippen LogP contribution < -0.4 is 5.32 Å². The van der Waals surface area contributed by atoms with Crippen LogP contribution in [0.1, 0.15) is 25.5 Å². The number of esters is 1. The Morgan fingerprint density at radius 1 is 1.05 bits per heavy atom. The van der Waals surface area contributed by atoms with Crippen molar-refractivity contribution in [3.8, 4) is 0 Å². The minimum atomic E-state index is -0.271. The first kappa shape index (κ1) is 15.1. The highest BCUT2D eigenvalue weighted by Crippen LogP contribution is 2.27. The molecule has 3 heteroatoms. The van der Waals surface area contributed by atoms with Crippen LogP contribution in [0.5, 0.6) is 0 Å². The van der Waals surface area contributed by atoms with Gasteiger partial charge in [-0.3, -0.25) is 4.79 Å². The molecule has 0 fully saturated rings. The van der Waals surface area contributed by atoms with Crippen molar-refractivity contribution in [3.63, 3.8) is 0 Å². The quantitative estimate of drug-likeness (QED) is 0.813. The standard InChI is InChI=1S/C18H21NO2/c1-3-21-18(20)14(2)17(15-10-6-4-7-11-15)19-16-12-8-5-9-13-16/h4-14,17,19H,3H2,1-2H3/t14-,17-/m1/s1. The van der Waals surface area contributed by atoms with Crippen LogP contribution in [0.25, 0.3) is 0 Å². The van der Waals surface area contributed by atoms with E-state index in [1.165, 1.54) is 0 Å². The average Bonchev–Trinajstić information content (AvgIpc) is 2.54. The zero-order valence-corrected chi connectivity index (χ0v) is 12.5. The van der Waals surface area contributed by atoms with Crippen LogP contribution in [0.2, 0.25) is 0 Å². The Kier molecular flexibility index (Phi) is 5.38. The third kappa shape index (κ3) is 4.09. The first-order valence-corrected chi connectivity index (χ1v) is 7.25.